The van der Waals surface area contributed by atoms with E-state index in [0.717, 1.165) is 4.31 Å². The van der Waals surface area contributed by atoms with Gasteiger partial charge < -0.3 is 9.84 Å². The SMILES string of the molecule is CCOC(=O)CCS(=O)(=O)N1CCCCC1C(=O)O. The highest BCUT2D eigenvalue weighted by Crippen LogP contribution is 2.21. The summed E-state index contributed by atoms with van der Waals surface area (Å²) in [7, 11) is -3.74. The summed E-state index contributed by atoms with van der Waals surface area (Å²) in [5, 5.41) is 9.04. The number of carbonyl (C=O) groups excluding carboxylic acids is 1. The molecule has 1 rings (SSSR count). The zero-order valence-electron chi connectivity index (χ0n) is 10.9. The predicted molar refractivity (Wildman–Crippen MR) is 67.0 cm³/mol. The van der Waals surface area contributed by atoms with E-state index in [4.69, 9.17) is 5.11 Å². The van der Waals surface area contributed by atoms with Gasteiger partial charge in [0.2, 0.25) is 10.0 Å². The average molecular weight is 293 g/mol. The van der Waals surface area contributed by atoms with Crippen LogP contribution in [0.15, 0.2) is 0 Å². The van der Waals surface area contributed by atoms with Crippen LogP contribution in [0.2, 0.25) is 0 Å². The lowest BCUT2D eigenvalue weighted by molar-refractivity contribution is -0.143. The monoisotopic (exact) mass is 293 g/mol. The summed E-state index contributed by atoms with van der Waals surface area (Å²) in [4.78, 5) is 22.2. The highest BCUT2D eigenvalue weighted by atomic mass is 32.2. The molecule has 0 spiro atoms. The van der Waals surface area contributed by atoms with Crippen molar-refractivity contribution >= 4 is 22.0 Å². The minimum Gasteiger partial charge on any atom is -0.480 e. The minimum absolute atomic E-state index is 0.195. The summed E-state index contributed by atoms with van der Waals surface area (Å²) < 4.78 is 29.8. The van der Waals surface area contributed by atoms with Crippen molar-refractivity contribution < 1.29 is 27.9 Å². The molecule has 1 N–H and O–H groups in total. The van der Waals surface area contributed by atoms with Gasteiger partial charge in [-0.2, -0.15) is 4.31 Å². The summed E-state index contributed by atoms with van der Waals surface area (Å²) in [6.07, 6.45) is 1.40. The molecule has 1 saturated heterocycles. The van der Waals surface area contributed by atoms with E-state index in [0.29, 0.717) is 19.3 Å². The van der Waals surface area contributed by atoms with E-state index in [1.54, 1.807) is 6.92 Å². The third-order valence-electron chi connectivity index (χ3n) is 2.97. The maximum absolute atomic E-state index is 12.1. The summed E-state index contributed by atoms with van der Waals surface area (Å²) >= 11 is 0. The molecular weight excluding hydrogens is 274 g/mol. The van der Waals surface area contributed by atoms with Crippen LogP contribution in [0.4, 0.5) is 0 Å². The van der Waals surface area contributed by atoms with Gasteiger partial charge in [-0.25, -0.2) is 8.42 Å². The number of hydrogen-bond donors (Lipinski definition) is 1. The third kappa shape index (κ3) is 4.46. The molecule has 0 saturated carbocycles. The Kier molecular flexibility index (Phi) is 5.74. The van der Waals surface area contributed by atoms with Crippen LogP contribution in [0.3, 0.4) is 0 Å². The molecule has 110 valence electrons. The summed E-state index contributed by atoms with van der Waals surface area (Å²) in [5.74, 6) is -2.13. The Morgan fingerprint density at radius 2 is 2.05 bits per heavy atom. The molecule has 7 nitrogen and oxygen atoms in total. The van der Waals surface area contributed by atoms with Crippen molar-refractivity contribution in [3.8, 4) is 0 Å². The largest absolute Gasteiger partial charge is 0.480 e. The molecule has 0 aromatic rings. The predicted octanol–water partition coefficient (Wildman–Crippen LogP) is 0.208. The highest BCUT2D eigenvalue weighted by molar-refractivity contribution is 7.89. The number of carboxylic acids is 1. The topological polar surface area (TPSA) is 101 Å². The number of esters is 1. The zero-order chi connectivity index (χ0) is 14.5. The van der Waals surface area contributed by atoms with E-state index >= 15 is 0 Å². The lowest BCUT2D eigenvalue weighted by Crippen LogP contribution is -2.48. The fraction of sp³-hybridized carbons (Fsp3) is 0.818. The number of aliphatic carboxylic acids is 1. The van der Waals surface area contributed by atoms with Gasteiger partial charge in [0.25, 0.3) is 0 Å². The molecule has 1 aliphatic rings. The Bertz CT molecular complexity index is 432. The molecule has 8 heteroatoms. The van der Waals surface area contributed by atoms with Crippen molar-refractivity contribution in [3.63, 3.8) is 0 Å². The number of hydrogen-bond acceptors (Lipinski definition) is 5. The molecule has 0 amide bonds. The van der Waals surface area contributed by atoms with E-state index in [-0.39, 0.29) is 19.6 Å². The molecule has 0 aromatic heterocycles. The lowest BCUT2D eigenvalue weighted by Gasteiger charge is -2.31. The quantitative estimate of drug-likeness (QED) is 0.702. The van der Waals surface area contributed by atoms with E-state index < -0.39 is 33.8 Å². The maximum atomic E-state index is 12.1. The molecule has 1 heterocycles. The highest BCUT2D eigenvalue weighted by Gasteiger charge is 2.36. The van der Waals surface area contributed by atoms with Gasteiger partial charge >= 0.3 is 11.9 Å². The fourth-order valence-corrected chi connectivity index (χ4v) is 3.70. The Morgan fingerprint density at radius 3 is 2.63 bits per heavy atom. The molecule has 0 bridgehead atoms. The normalized spacial score (nSPS) is 21.0. The van der Waals surface area contributed by atoms with E-state index in [1.807, 2.05) is 0 Å². The number of nitrogens with zero attached hydrogens (tertiary/aromatic N) is 1. The second-order valence-electron chi connectivity index (χ2n) is 4.33. The van der Waals surface area contributed by atoms with Gasteiger partial charge in [-0.05, 0) is 26.2 Å². The zero-order valence-corrected chi connectivity index (χ0v) is 11.7. The summed E-state index contributed by atoms with van der Waals surface area (Å²) in [6, 6.07) is -1.01. The Morgan fingerprint density at radius 1 is 1.37 bits per heavy atom. The van der Waals surface area contributed by atoms with Gasteiger partial charge in [-0.3, -0.25) is 9.59 Å². The molecule has 0 radical (unpaired) electrons. The van der Waals surface area contributed by atoms with E-state index in [9.17, 15) is 18.0 Å². The van der Waals surface area contributed by atoms with E-state index in [2.05, 4.69) is 4.74 Å². The van der Waals surface area contributed by atoms with Gasteiger partial charge in [0.1, 0.15) is 6.04 Å². The maximum Gasteiger partial charge on any atom is 0.322 e. The third-order valence-corrected chi connectivity index (χ3v) is 4.84. The van der Waals surface area contributed by atoms with Crippen LogP contribution in [-0.4, -0.2) is 54.7 Å². The van der Waals surface area contributed by atoms with Crippen molar-refractivity contribution in [1.82, 2.24) is 4.31 Å². The van der Waals surface area contributed by atoms with Crippen LogP contribution < -0.4 is 0 Å². The smallest absolute Gasteiger partial charge is 0.322 e. The van der Waals surface area contributed by atoms with Crippen LogP contribution in [0.25, 0.3) is 0 Å². The number of carboxylic acid groups (broad SMARTS) is 1. The number of carbonyl (C=O) groups is 2. The molecule has 1 aliphatic heterocycles. The average Bonchev–Trinajstić information content (AvgIpc) is 2.37. The molecule has 1 unspecified atom stereocenters. The fourth-order valence-electron chi connectivity index (χ4n) is 2.05. The van der Waals surface area contributed by atoms with Crippen molar-refractivity contribution in [2.24, 2.45) is 0 Å². The van der Waals surface area contributed by atoms with Crippen LogP contribution >= 0.6 is 0 Å². The Labute approximate surface area is 112 Å². The molecule has 1 atom stereocenters. The van der Waals surface area contributed by atoms with Crippen LogP contribution in [0, 0.1) is 0 Å². The van der Waals surface area contributed by atoms with Crippen molar-refractivity contribution in [3.05, 3.63) is 0 Å². The van der Waals surface area contributed by atoms with Gasteiger partial charge in [0, 0.05) is 6.54 Å². The number of piperidine rings is 1. The van der Waals surface area contributed by atoms with Gasteiger partial charge in [-0.15, -0.1) is 0 Å². The molecular formula is C11H19NO6S. The Balaban J connectivity index is 2.69. The van der Waals surface area contributed by atoms with Gasteiger partial charge in [-0.1, -0.05) is 0 Å². The van der Waals surface area contributed by atoms with Gasteiger partial charge in [0.05, 0.1) is 18.8 Å². The first kappa shape index (κ1) is 15.9. The summed E-state index contributed by atoms with van der Waals surface area (Å²) in [5.41, 5.74) is 0. The van der Waals surface area contributed by atoms with E-state index in [1.165, 1.54) is 0 Å². The summed E-state index contributed by atoms with van der Waals surface area (Å²) in [6.45, 7) is 2.03. The lowest BCUT2D eigenvalue weighted by atomic mass is 10.1. The number of sulfonamides is 1. The second-order valence-corrected chi connectivity index (χ2v) is 6.37. The van der Waals surface area contributed by atoms with Crippen LogP contribution in [0.5, 0.6) is 0 Å². The molecule has 19 heavy (non-hydrogen) atoms. The first-order valence-electron chi connectivity index (χ1n) is 6.26. The van der Waals surface area contributed by atoms with Crippen LogP contribution in [0.1, 0.15) is 32.6 Å². The first-order valence-corrected chi connectivity index (χ1v) is 7.87. The van der Waals surface area contributed by atoms with Crippen molar-refractivity contribution in [2.75, 3.05) is 18.9 Å². The van der Waals surface area contributed by atoms with Crippen molar-refractivity contribution in [1.29, 1.82) is 0 Å². The van der Waals surface area contributed by atoms with Crippen LogP contribution in [-0.2, 0) is 24.3 Å². The van der Waals surface area contributed by atoms with Crippen molar-refractivity contribution in [2.45, 2.75) is 38.6 Å². The number of rotatable bonds is 6. The second kappa shape index (κ2) is 6.85. The molecule has 0 aromatic carbocycles. The molecule has 0 aliphatic carbocycles. The standard InChI is InChI=1S/C11H19NO6S/c1-2-18-10(13)6-8-19(16,17)12-7-4-3-5-9(12)11(14)15/h9H,2-8H2,1H3,(H,14,15). The minimum atomic E-state index is -3.74. The Hall–Kier alpha value is -1.15. The molecule has 1 fully saturated rings. The van der Waals surface area contributed by atoms with Gasteiger partial charge in [0.15, 0.2) is 0 Å². The number of ether oxygens (including phenoxy) is 1. The first-order chi connectivity index (χ1) is 8.88.